The predicted octanol–water partition coefficient (Wildman–Crippen LogP) is 3.72. The highest BCUT2D eigenvalue weighted by Gasteiger charge is 2.31. The molecule has 1 rings (SSSR count). The summed E-state index contributed by atoms with van der Waals surface area (Å²) in [6.45, 7) is 1.72. The number of hydrogen-bond donors (Lipinski definition) is 1. The van der Waals surface area contributed by atoms with Crippen LogP contribution in [0.5, 0.6) is 0 Å². The molecule has 5 heteroatoms. The molecule has 0 saturated carbocycles. The summed E-state index contributed by atoms with van der Waals surface area (Å²) in [4.78, 5) is 0. The third-order valence-corrected chi connectivity index (χ3v) is 2.87. The zero-order valence-corrected chi connectivity index (χ0v) is 10.2. The Balaban J connectivity index is 2.80. The smallest absolute Gasteiger partial charge is 0.328 e. The molecule has 1 aromatic carbocycles. The van der Waals surface area contributed by atoms with E-state index in [2.05, 4.69) is 0 Å². The Morgan fingerprint density at radius 2 is 1.61 bits per heavy atom. The van der Waals surface area contributed by atoms with Crippen molar-refractivity contribution < 1.29 is 17.6 Å². The van der Waals surface area contributed by atoms with E-state index < -0.39 is 17.4 Å². The fourth-order valence-corrected chi connectivity index (χ4v) is 1.89. The lowest BCUT2D eigenvalue weighted by molar-refractivity contribution is -0.137. The first-order chi connectivity index (χ1) is 8.30. The minimum Gasteiger partial charge on any atom is -0.328 e. The molecule has 1 aromatic rings. The summed E-state index contributed by atoms with van der Waals surface area (Å²) in [5.74, 6) is 0. The predicted molar refractivity (Wildman–Crippen MR) is 62.9 cm³/mol. The normalized spacial score (nSPS) is 15.4. The molecular formula is C13H17F4N. The molecule has 102 valence electrons. The highest BCUT2D eigenvalue weighted by molar-refractivity contribution is 5.25. The molecular weight excluding hydrogens is 246 g/mol. The van der Waals surface area contributed by atoms with Gasteiger partial charge in [-0.1, -0.05) is 25.5 Å². The van der Waals surface area contributed by atoms with Gasteiger partial charge in [0.1, 0.15) is 5.67 Å². The second-order valence-electron chi connectivity index (χ2n) is 4.48. The van der Waals surface area contributed by atoms with Crippen LogP contribution in [-0.2, 0) is 12.6 Å². The third kappa shape index (κ3) is 3.98. The monoisotopic (exact) mass is 263 g/mol. The maximum absolute atomic E-state index is 14.2. The number of nitrogens with two attached hydrogens (primary N) is 1. The van der Waals surface area contributed by atoms with Crippen molar-refractivity contribution in [2.45, 2.75) is 38.0 Å². The minimum absolute atomic E-state index is 0.0511. The van der Waals surface area contributed by atoms with Gasteiger partial charge in [-0.05, 0) is 24.1 Å². The van der Waals surface area contributed by atoms with Gasteiger partial charge in [-0.2, -0.15) is 13.2 Å². The molecule has 0 spiro atoms. The number of halogens is 4. The quantitative estimate of drug-likeness (QED) is 0.805. The molecule has 0 saturated heterocycles. The van der Waals surface area contributed by atoms with Gasteiger partial charge in [0.05, 0.1) is 5.56 Å². The Morgan fingerprint density at radius 3 is 2.00 bits per heavy atom. The standard InChI is InChI=1S/C13H17F4N/c1-2-7-12(14,9-18)8-10-3-5-11(6-4-10)13(15,16)17/h3-6H,2,7-9,18H2,1H3. The van der Waals surface area contributed by atoms with Crippen molar-refractivity contribution in [1.82, 2.24) is 0 Å². The Labute approximate surface area is 104 Å². The van der Waals surface area contributed by atoms with Crippen molar-refractivity contribution in [3.05, 3.63) is 35.4 Å². The Bertz CT molecular complexity index is 372. The molecule has 2 N–H and O–H groups in total. The molecule has 1 nitrogen and oxygen atoms in total. The molecule has 0 aliphatic carbocycles. The van der Waals surface area contributed by atoms with Crippen LogP contribution in [0.1, 0.15) is 30.9 Å². The summed E-state index contributed by atoms with van der Waals surface area (Å²) in [6, 6.07) is 4.56. The lowest BCUT2D eigenvalue weighted by atomic mass is 9.91. The largest absolute Gasteiger partial charge is 0.416 e. The molecule has 1 atom stereocenters. The molecule has 0 radical (unpaired) electrons. The fraction of sp³-hybridized carbons (Fsp3) is 0.538. The van der Waals surface area contributed by atoms with E-state index in [0.717, 1.165) is 12.1 Å². The van der Waals surface area contributed by atoms with E-state index in [9.17, 15) is 17.6 Å². The first-order valence-electron chi connectivity index (χ1n) is 5.86. The van der Waals surface area contributed by atoms with E-state index in [1.165, 1.54) is 12.1 Å². The van der Waals surface area contributed by atoms with Gasteiger partial charge >= 0.3 is 6.18 Å². The van der Waals surface area contributed by atoms with Crippen LogP contribution in [0, 0.1) is 0 Å². The van der Waals surface area contributed by atoms with Crippen molar-refractivity contribution in [2.24, 2.45) is 5.73 Å². The minimum atomic E-state index is -4.36. The maximum atomic E-state index is 14.2. The van der Waals surface area contributed by atoms with Gasteiger partial charge in [-0.3, -0.25) is 0 Å². The van der Waals surface area contributed by atoms with Gasteiger partial charge in [-0.25, -0.2) is 4.39 Å². The lowest BCUT2D eigenvalue weighted by Gasteiger charge is -2.23. The molecule has 0 fully saturated rings. The van der Waals surface area contributed by atoms with Gasteiger partial charge in [0.2, 0.25) is 0 Å². The van der Waals surface area contributed by atoms with E-state index in [0.29, 0.717) is 18.4 Å². The molecule has 0 amide bonds. The molecule has 1 unspecified atom stereocenters. The molecule has 0 heterocycles. The second kappa shape index (κ2) is 5.69. The second-order valence-corrected chi connectivity index (χ2v) is 4.48. The Kier molecular flexibility index (Phi) is 4.73. The van der Waals surface area contributed by atoms with E-state index in [1.807, 2.05) is 6.92 Å². The number of hydrogen-bond acceptors (Lipinski definition) is 1. The number of rotatable bonds is 5. The third-order valence-electron chi connectivity index (χ3n) is 2.87. The number of benzene rings is 1. The lowest BCUT2D eigenvalue weighted by Crippen LogP contribution is -2.35. The van der Waals surface area contributed by atoms with Crippen LogP contribution in [0.2, 0.25) is 0 Å². The van der Waals surface area contributed by atoms with E-state index in [4.69, 9.17) is 5.73 Å². The Hall–Kier alpha value is -1.10. The average Bonchev–Trinajstić information content (AvgIpc) is 2.29. The van der Waals surface area contributed by atoms with Crippen LogP contribution in [0.4, 0.5) is 17.6 Å². The fourth-order valence-electron chi connectivity index (χ4n) is 1.89. The van der Waals surface area contributed by atoms with Crippen LogP contribution in [0.15, 0.2) is 24.3 Å². The van der Waals surface area contributed by atoms with Gasteiger partial charge in [0.25, 0.3) is 0 Å². The summed E-state index contributed by atoms with van der Waals surface area (Å²) in [5, 5.41) is 0. The maximum Gasteiger partial charge on any atom is 0.416 e. The number of alkyl halides is 4. The van der Waals surface area contributed by atoms with Crippen LogP contribution in [0.25, 0.3) is 0 Å². The van der Waals surface area contributed by atoms with Crippen molar-refractivity contribution in [3.63, 3.8) is 0 Å². The van der Waals surface area contributed by atoms with E-state index in [-0.39, 0.29) is 13.0 Å². The molecule has 0 aliphatic rings. The Morgan fingerprint density at radius 1 is 1.06 bits per heavy atom. The summed E-state index contributed by atoms with van der Waals surface area (Å²) in [5.41, 5.74) is 3.66. The van der Waals surface area contributed by atoms with Crippen molar-refractivity contribution >= 4 is 0 Å². The van der Waals surface area contributed by atoms with E-state index in [1.54, 1.807) is 0 Å². The highest BCUT2D eigenvalue weighted by atomic mass is 19.4. The topological polar surface area (TPSA) is 26.0 Å². The SMILES string of the molecule is CCCC(F)(CN)Cc1ccc(C(F)(F)F)cc1. The van der Waals surface area contributed by atoms with Crippen LogP contribution < -0.4 is 5.73 Å². The van der Waals surface area contributed by atoms with Crippen molar-refractivity contribution in [3.8, 4) is 0 Å². The van der Waals surface area contributed by atoms with E-state index >= 15 is 0 Å². The molecule has 18 heavy (non-hydrogen) atoms. The zero-order chi connectivity index (χ0) is 13.8. The van der Waals surface area contributed by atoms with Crippen molar-refractivity contribution in [1.29, 1.82) is 0 Å². The summed E-state index contributed by atoms with van der Waals surface area (Å²) in [6.07, 6.45) is -3.35. The van der Waals surface area contributed by atoms with Gasteiger partial charge < -0.3 is 5.73 Å². The first kappa shape index (κ1) is 15.0. The summed E-state index contributed by atoms with van der Waals surface area (Å²) >= 11 is 0. The summed E-state index contributed by atoms with van der Waals surface area (Å²) < 4.78 is 51.2. The van der Waals surface area contributed by atoms with Crippen molar-refractivity contribution in [2.75, 3.05) is 6.54 Å². The van der Waals surface area contributed by atoms with Gasteiger partial charge in [-0.15, -0.1) is 0 Å². The van der Waals surface area contributed by atoms with Crippen LogP contribution in [-0.4, -0.2) is 12.2 Å². The summed E-state index contributed by atoms with van der Waals surface area (Å²) in [7, 11) is 0. The van der Waals surface area contributed by atoms with Crippen LogP contribution >= 0.6 is 0 Å². The molecule has 0 bridgehead atoms. The van der Waals surface area contributed by atoms with Crippen LogP contribution in [0.3, 0.4) is 0 Å². The zero-order valence-electron chi connectivity index (χ0n) is 10.2. The average molecular weight is 263 g/mol. The molecule has 0 aromatic heterocycles. The first-order valence-corrected chi connectivity index (χ1v) is 5.86. The highest BCUT2D eigenvalue weighted by Crippen LogP contribution is 2.30. The van der Waals surface area contributed by atoms with Gasteiger partial charge in [0.15, 0.2) is 0 Å². The van der Waals surface area contributed by atoms with Gasteiger partial charge in [0, 0.05) is 13.0 Å². The molecule has 0 aliphatic heterocycles.